The fourth-order valence-electron chi connectivity index (χ4n) is 3.10. The molecule has 31 heavy (non-hydrogen) atoms. The highest BCUT2D eigenvalue weighted by Crippen LogP contribution is 2.34. The minimum Gasteiger partial charge on any atom is -0.462 e. The van der Waals surface area contributed by atoms with Crippen LogP contribution in [0.15, 0.2) is 76.1 Å². The van der Waals surface area contributed by atoms with Gasteiger partial charge in [-0.15, -0.1) is 0 Å². The molecule has 0 radical (unpaired) electrons. The fraction of sp³-hybridized carbons (Fsp3) is 0.125. The van der Waals surface area contributed by atoms with Crippen molar-refractivity contribution in [1.29, 1.82) is 0 Å². The molecule has 4 rings (SSSR count). The predicted octanol–water partition coefficient (Wildman–Crippen LogP) is 5.52. The first kappa shape index (κ1) is 21.1. The number of nitrogens with zero attached hydrogens (tertiary/aromatic N) is 1. The second-order valence-electron chi connectivity index (χ2n) is 6.75. The van der Waals surface area contributed by atoms with E-state index in [-0.39, 0.29) is 11.9 Å². The summed E-state index contributed by atoms with van der Waals surface area (Å²) in [5.74, 6) is 0.716. The zero-order chi connectivity index (χ0) is 21.8. The molecule has 2 heterocycles. The highest BCUT2D eigenvalue weighted by atomic mass is 32.2. The van der Waals surface area contributed by atoms with E-state index in [2.05, 4.69) is 0 Å². The van der Waals surface area contributed by atoms with Crippen LogP contribution in [0.25, 0.3) is 17.4 Å². The maximum absolute atomic E-state index is 12.8. The molecule has 1 aliphatic heterocycles. The number of carbonyl (C=O) groups excluding carboxylic acids is 2. The van der Waals surface area contributed by atoms with Crippen LogP contribution in [-0.2, 0) is 16.1 Å². The Morgan fingerprint density at radius 1 is 1.10 bits per heavy atom. The van der Waals surface area contributed by atoms with Gasteiger partial charge in [-0.05, 0) is 36.8 Å². The monoisotopic (exact) mass is 449 g/mol. The summed E-state index contributed by atoms with van der Waals surface area (Å²) in [6, 6.07) is 20.4. The van der Waals surface area contributed by atoms with Crippen molar-refractivity contribution in [2.75, 3.05) is 6.61 Å². The zero-order valence-corrected chi connectivity index (χ0v) is 18.4. The number of benzene rings is 2. The van der Waals surface area contributed by atoms with Crippen LogP contribution in [0.5, 0.6) is 0 Å². The molecule has 0 spiro atoms. The van der Waals surface area contributed by atoms with Crippen molar-refractivity contribution in [2.45, 2.75) is 13.5 Å². The lowest BCUT2D eigenvalue weighted by molar-refractivity contribution is -0.122. The summed E-state index contributed by atoms with van der Waals surface area (Å²) in [6.45, 7) is 2.55. The Bertz CT molecular complexity index is 1150. The molecule has 0 saturated carbocycles. The second-order valence-corrected chi connectivity index (χ2v) is 8.43. The molecule has 0 unspecified atom stereocenters. The highest BCUT2D eigenvalue weighted by Gasteiger charge is 2.32. The molecular formula is C24H19NO4S2. The average Bonchev–Trinajstić information content (AvgIpc) is 3.35. The molecule has 0 aliphatic carbocycles. The SMILES string of the molecule is CCOC(=O)c1ccc(-c2ccc(/C=C3\SC(=S)N(Cc4ccccc4)C3=O)o2)cc1. The van der Waals surface area contributed by atoms with Crippen LogP contribution in [-0.4, -0.2) is 27.7 Å². The molecule has 1 amide bonds. The number of thioether (sulfide) groups is 1. The van der Waals surface area contributed by atoms with Crippen LogP contribution in [0.1, 0.15) is 28.6 Å². The molecule has 3 aromatic rings. The number of furan rings is 1. The van der Waals surface area contributed by atoms with Gasteiger partial charge in [0.05, 0.1) is 23.6 Å². The van der Waals surface area contributed by atoms with Gasteiger partial charge in [0.15, 0.2) is 0 Å². The van der Waals surface area contributed by atoms with Gasteiger partial charge in [0.1, 0.15) is 15.8 Å². The van der Waals surface area contributed by atoms with Gasteiger partial charge in [-0.2, -0.15) is 0 Å². The molecule has 2 aromatic carbocycles. The second kappa shape index (κ2) is 9.32. The van der Waals surface area contributed by atoms with E-state index in [0.717, 1.165) is 11.1 Å². The molecule has 156 valence electrons. The molecule has 5 nitrogen and oxygen atoms in total. The van der Waals surface area contributed by atoms with E-state index in [9.17, 15) is 9.59 Å². The lowest BCUT2D eigenvalue weighted by Crippen LogP contribution is -2.27. The van der Waals surface area contributed by atoms with E-state index in [1.165, 1.54) is 11.8 Å². The molecule has 1 fully saturated rings. The van der Waals surface area contributed by atoms with Crippen molar-refractivity contribution in [3.63, 3.8) is 0 Å². The first-order valence-corrected chi connectivity index (χ1v) is 10.9. The van der Waals surface area contributed by atoms with E-state index >= 15 is 0 Å². The minimum absolute atomic E-state index is 0.129. The average molecular weight is 450 g/mol. The summed E-state index contributed by atoms with van der Waals surface area (Å²) in [5, 5.41) is 0. The van der Waals surface area contributed by atoms with Crippen LogP contribution in [0.2, 0.25) is 0 Å². The summed E-state index contributed by atoms with van der Waals surface area (Å²) in [7, 11) is 0. The number of carbonyl (C=O) groups is 2. The molecule has 7 heteroatoms. The third-order valence-corrected chi connectivity index (χ3v) is 6.02. The number of esters is 1. The summed E-state index contributed by atoms with van der Waals surface area (Å²) >= 11 is 6.67. The van der Waals surface area contributed by atoms with E-state index in [1.807, 2.05) is 36.4 Å². The van der Waals surface area contributed by atoms with Crippen LogP contribution in [0.3, 0.4) is 0 Å². The molecule has 0 bridgehead atoms. The van der Waals surface area contributed by atoms with Gasteiger partial charge in [0, 0.05) is 11.6 Å². The molecule has 1 aliphatic rings. The Kier molecular flexibility index (Phi) is 6.34. The normalized spacial score (nSPS) is 15.0. The smallest absolute Gasteiger partial charge is 0.338 e. The number of ether oxygens (including phenoxy) is 1. The first-order chi connectivity index (χ1) is 15.0. The number of amides is 1. The van der Waals surface area contributed by atoms with Gasteiger partial charge in [-0.1, -0.05) is 66.4 Å². The third-order valence-electron chi connectivity index (χ3n) is 4.64. The summed E-state index contributed by atoms with van der Waals surface area (Å²) in [4.78, 5) is 26.7. The standard InChI is InChI=1S/C24H19NO4S2/c1-2-28-23(27)18-10-8-17(9-11-18)20-13-12-19(29-20)14-21-22(26)25(24(30)31-21)15-16-6-4-3-5-7-16/h3-14H,2,15H2,1H3/b21-14-. The van der Waals surface area contributed by atoms with E-state index in [0.29, 0.717) is 39.5 Å². The number of hydrogen-bond acceptors (Lipinski definition) is 6. The van der Waals surface area contributed by atoms with Gasteiger partial charge in [-0.25, -0.2) is 4.79 Å². The molecule has 1 saturated heterocycles. The highest BCUT2D eigenvalue weighted by molar-refractivity contribution is 8.26. The maximum atomic E-state index is 12.8. The van der Waals surface area contributed by atoms with Gasteiger partial charge in [-0.3, -0.25) is 9.69 Å². The van der Waals surface area contributed by atoms with Crippen molar-refractivity contribution in [3.8, 4) is 11.3 Å². The fourth-order valence-corrected chi connectivity index (χ4v) is 4.34. The summed E-state index contributed by atoms with van der Waals surface area (Å²) in [6.07, 6.45) is 1.71. The Morgan fingerprint density at radius 3 is 2.55 bits per heavy atom. The van der Waals surface area contributed by atoms with Crippen molar-refractivity contribution in [2.24, 2.45) is 0 Å². The number of rotatable bonds is 6. The van der Waals surface area contributed by atoms with E-state index < -0.39 is 0 Å². The quantitative estimate of drug-likeness (QED) is 0.280. The Morgan fingerprint density at radius 2 is 1.84 bits per heavy atom. The number of hydrogen-bond donors (Lipinski definition) is 0. The largest absolute Gasteiger partial charge is 0.462 e. The minimum atomic E-state index is -0.355. The Balaban J connectivity index is 1.48. The predicted molar refractivity (Wildman–Crippen MR) is 125 cm³/mol. The van der Waals surface area contributed by atoms with Crippen LogP contribution < -0.4 is 0 Å². The van der Waals surface area contributed by atoms with Crippen molar-refractivity contribution >= 4 is 46.3 Å². The first-order valence-electron chi connectivity index (χ1n) is 9.72. The maximum Gasteiger partial charge on any atom is 0.338 e. The van der Waals surface area contributed by atoms with Crippen LogP contribution in [0, 0.1) is 0 Å². The molecular weight excluding hydrogens is 430 g/mol. The van der Waals surface area contributed by atoms with Crippen molar-refractivity contribution in [3.05, 3.63) is 88.5 Å². The molecule has 1 aromatic heterocycles. The van der Waals surface area contributed by atoms with Gasteiger partial charge in [0.2, 0.25) is 0 Å². The lowest BCUT2D eigenvalue weighted by atomic mass is 10.1. The molecule has 0 N–H and O–H groups in total. The zero-order valence-electron chi connectivity index (χ0n) is 16.7. The van der Waals surface area contributed by atoms with Crippen molar-refractivity contribution < 1.29 is 18.7 Å². The summed E-state index contributed by atoms with van der Waals surface area (Å²) < 4.78 is 11.4. The summed E-state index contributed by atoms with van der Waals surface area (Å²) in [5.41, 5.74) is 2.33. The van der Waals surface area contributed by atoms with Crippen LogP contribution >= 0.6 is 24.0 Å². The van der Waals surface area contributed by atoms with Crippen molar-refractivity contribution in [1.82, 2.24) is 4.90 Å². The van der Waals surface area contributed by atoms with Gasteiger partial charge in [0.25, 0.3) is 5.91 Å². The van der Waals surface area contributed by atoms with Gasteiger partial charge < -0.3 is 9.15 Å². The molecule has 0 atom stereocenters. The Hall–Kier alpha value is -3.16. The topological polar surface area (TPSA) is 59.8 Å². The third kappa shape index (κ3) is 4.78. The lowest BCUT2D eigenvalue weighted by Gasteiger charge is -2.14. The van der Waals surface area contributed by atoms with Gasteiger partial charge >= 0.3 is 5.97 Å². The number of thiocarbonyl (C=S) groups is 1. The van der Waals surface area contributed by atoms with E-state index in [4.69, 9.17) is 21.4 Å². The van der Waals surface area contributed by atoms with Crippen LogP contribution in [0.4, 0.5) is 0 Å². The Labute approximate surface area is 189 Å². The van der Waals surface area contributed by atoms with E-state index in [1.54, 1.807) is 48.2 Å².